The number of methoxy groups -OCH3 is 1. The molecule has 0 aliphatic heterocycles. The second kappa shape index (κ2) is 4.08. The smallest absolute Gasteiger partial charge is 0.409 e. The molecule has 0 amide bonds. The zero-order valence-electron chi connectivity index (χ0n) is 7.25. The summed E-state index contributed by atoms with van der Waals surface area (Å²) in [6, 6.07) is 0.120. The van der Waals surface area contributed by atoms with Crippen molar-refractivity contribution >= 4 is 6.08 Å². The topological polar surface area (TPSA) is 35.0 Å². The molecule has 0 atom stereocenters. The van der Waals surface area contributed by atoms with E-state index >= 15 is 0 Å². The van der Waals surface area contributed by atoms with Crippen LogP contribution in [0.5, 0.6) is 6.01 Å². The van der Waals surface area contributed by atoms with Crippen molar-refractivity contribution in [1.29, 1.82) is 0 Å². The Hall–Kier alpha value is -1.59. The first kappa shape index (κ1) is 10.5. The number of halogens is 3. The SMILES string of the molecule is COc1ncc(/C=C/C(F)(F)F)cn1. The molecule has 0 unspecified atom stereocenters. The van der Waals surface area contributed by atoms with Gasteiger partial charge < -0.3 is 4.74 Å². The van der Waals surface area contributed by atoms with Crippen LogP contribution in [0.1, 0.15) is 5.56 Å². The van der Waals surface area contributed by atoms with E-state index in [1.54, 1.807) is 0 Å². The minimum Gasteiger partial charge on any atom is -0.467 e. The quantitative estimate of drug-likeness (QED) is 0.739. The molecule has 0 saturated carbocycles. The Bertz CT molecular complexity index is 318. The summed E-state index contributed by atoms with van der Waals surface area (Å²) < 4.78 is 39.8. The molecule has 1 aromatic rings. The Morgan fingerprint density at radius 1 is 1.29 bits per heavy atom. The number of alkyl halides is 3. The van der Waals surface area contributed by atoms with Gasteiger partial charge in [0.15, 0.2) is 0 Å². The predicted molar refractivity (Wildman–Crippen MR) is 43.7 cm³/mol. The van der Waals surface area contributed by atoms with Crippen LogP contribution in [0.3, 0.4) is 0 Å². The van der Waals surface area contributed by atoms with E-state index in [1.165, 1.54) is 19.5 Å². The van der Waals surface area contributed by atoms with E-state index in [2.05, 4.69) is 14.7 Å². The van der Waals surface area contributed by atoms with Gasteiger partial charge in [-0.15, -0.1) is 0 Å². The lowest BCUT2D eigenvalue weighted by molar-refractivity contribution is -0.0790. The molecule has 0 aromatic carbocycles. The molecule has 3 nitrogen and oxygen atoms in total. The fourth-order valence-electron chi connectivity index (χ4n) is 0.708. The van der Waals surface area contributed by atoms with Crippen LogP contribution in [-0.4, -0.2) is 23.3 Å². The lowest BCUT2D eigenvalue weighted by Gasteiger charge is -1.98. The molecule has 0 bridgehead atoms. The largest absolute Gasteiger partial charge is 0.467 e. The summed E-state index contributed by atoms with van der Waals surface area (Å²) in [6.45, 7) is 0. The Morgan fingerprint density at radius 2 is 1.86 bits per heavy atom. The van der Waals surface area contributed by atoms with Crippen LogP contribution in [0.4, 0.5) is 13.2 Å². The molecule has 0 aliphatic carbocycles. The highest BCUT2D eigenvalue weighted by atomic mass is 19.4. The summed E-state index contributed by atoms with van der Waals surface area (Å²) in [6.07, 6.45) is -0.820. The number of hydrogen-bond donors (Lipinski definition) is 0. The van der Waals surface area contributed by atoms with Crippen LogP contribution in [0.25, 0.3) is 6.08 Å². The van der Waals surface area contributed by atoms with E-state index < -0.39 is 6.18 Å². The highest BCUT2D eigenvalue weighted by Gasteiger charge is 2.21. The maximum Gasteiger partial charge on any atom is 0.409 e. The number of aromatic nitrogens is 2. The average Bonchev–Trinajstić information content (AvgIpc) is 2.14. The fourth-order valence-corrected chi connectivity index (χ4v) is 0.708. The molecule has 6 heteroatoms. The molecule has 1 rings (SSSR count). The first-order valence-corrected chi connectivity index (χ1v) is 3.63. The van der Waals surface area contributed by atoms with Crippen molar-refractivity contribution in [2.24, 2.45) is 0 Å². The lowest BCUT2D eigenvalue weighted by Crippen LogP contribution is -2.00. The molecule has 0 saturated heterocycles. The third-order valence-corrected chi connectivity index (χ3v) is 1.30. The van der Waals surface area contributed by atoms with Crippen molar-refractivity contribution in [2.45, 2.75) is 6.18 Å². The van der Waals surface area contributed by atoms with Crippen molar-refractivity contribution < 1.29 is 17.9 Å². The Labute approximate surface area is 78.3 Å². The van der Waals surface area contributed by atoms with E-state index in [0.29, 0.717) is 0 Å². The van der Waals surface area contributed by atoms with Gasteiger partial charge in [-0.05, 0) is 6.08 Å². The monoisotopic (exact) mass is 204 g/mol. The molecule has 0 radical (unpaired) electrons. The lowest BCUT2D eigenvalue weighted by atomic mass is 10.3. The molecule has 76 valence electrons. The van der Waals surface area contributed by atoms with Gasteiger partial charge in [-0.2, -0.15) is 13.2 Å². The number of rotatable bonds is 2. The zero-order valence-corrected chi connectivity index (χ0v) is 7.25. The van der Waals surface area contributed by atoms with Gasteiger partial charge in [-0.3, -0.25) is 0 Å². The zero-order chi connectivity index (χ0) is 10.6. The number of ether oxygens (including phenoxy) is 1. The van der Waals surface area contributed by atoms with Crippen molar-refractivity contribution in [3.05, 3.63) is 24.0 Å². The number of nitrogens with zero attached hydrogens (tertiary/aromatic N) is 2. The summed E-state index contributed by atoms with van der Waals surface area (Å²) in [5.74, 6) is 0. The van der Waals surface area contributed by atoms with Crippen LogP contribution in [0.2, 0.25) is 0 Å². The Morgan fingerprint density at radius 3 is 2.29 bits per heavy atom. The first-order valence-electron chi connectivity index (χ1n) is 3.63. The molecule has 14 heavy (non-hydrogen) atoms. The molecule has 1 heterocycles. The van der Waals surface area contributed by atoms with Gasteiger partial charge in [-0.25, -0.2) is 9.97 Å². The van der Waals surface area contributed by atoms with E-state index in [4.69, 9.17) is 0 Å². The molecule has 0 aliphatic rings. The van der Waals surface area contributed by atoms with Gasteiger partial charge in [0.1, 0.15) is 0 Å². The van der Waals surface area contributed by atoms with E-state index in [9.17, 15) is 13.2 Å². The minimum absolute atomic E-state index is 0.120. The van der Waals surface area contributed by atoms with Crippen LogP contribution in [0, 0.1) is 0 Å². The van der Waals surface area contributed by atoms with Gasteiger partial charge >= 0.3 is 12.2 Å². The molecular formula is C8H7F3N2O. The third kappa shape index (κ3) is 3.42. The Balaban J connectivity index is 2.74. The molecule has 0 spiro atoms. The van der Waals surface area contributed by atoms with Crippen molar-refractivity contribution in [3.8, 4) is 6.01 Å². The van der Waals surface area contributed by atoms with Crippen molar-refractivity contribution in [1.82, 2.24) is 9.97 Å². The summed E-state index contributed by atoms with van der Waals surface area (Å²) in [5, 5.41) is 0. The molecular weight excluding hydrogens is 197 g/mol. The highest BCUT2D eigenvalue weighted by molar-refractivity contribution is 5.47. The summed E-state index contributed by atoms with van der Waals surface area (Å²) in [5.41, 5.74) is 0.267. The second-order valence-electron chi connectivity index (χ2n) is 2.38. The molecule has 0 fully saturated rings. The molecule has 0 N–H and O–H groups in total. The van der Waals surface area contributed by atoms with Crippen LogP contribution >= 0.6 is 0 Å². The van der Waals surface area contributed by atoms with E-state index in [1.807, 2.05) is 0 Å². The van der Waals surface area contributed by atoms with Gasteiger partial charge in [0.2, 0.25) is 0 Å². The molecule has 1 aromatic heterocycles. The van der Waals surface area contributed by atoms with Crippen molar-refractivity contribution in [3.63, 3.8) is 0 Å². The maximum absolute atomic E-state index is 11.7. The van der Waals surface area contributed by atoms with E-state index in [0.717, 1.165) is 6.08 Å². The first-order chi connectivity index (χ1) is 6.51. The average molecular weight is 204 g/mol. The summed E-state index contributed by atoms with van der Waals surface area (Å²) >= 11 is 0. The second-order valence-corrected chi connectivity index (χ2v) is 2.38. The summed E-state index contributed by atoms with van der Waals surface area (Å²) in [7, 11) is 1.38. The van der Waals surface area contributed by atoms with Gasteiger partial charge in [0.05, 0.1) is 7.11 Å². The standard InChI is InChI=1S/C8H7F3N2O/c1-14-7-12-4-6(5-13-7)2-3-8(9,10)11/h2-5H,1H3/b3-2+. The Kier molecular flexibility index (Phi) is 3.06. The fraction of sp³-hybridized carbons (Fsp3) is 0.250. The van der Waals surface area contributed by atoms with Crippen LogP contribution in [0.15, 0.2) is 18.5 Å². The van der Waals surface area contributed by atoms with Gasteiger partial charge in [0, 0.05) is 24.0 Å². The van der Waals surface area contributed by atoms with Crippen LogP contribution < -0.4 is 4.74 Å². The number of allylic oxidation sites excluding steroid dienone is 1. The van der Waals surface area contributed by atoms with E-state index in [-0.39, 0.29) is 17.6 Å². The van der Waals surface area contributed by atoms with Gasteiger partial charge in [-0.1, -0.05) is 0 Å². The third-order valence-electron chi connectivity index (χ3n) is 1.30. The highest BCUT2D eigenvalue weighted by Crippen LogP contribution is 2.17. The predicted octanol–water partition coefficient (Wildman–Crippen LogP) is 2.06. The van der Waals surface area contributed by atoms with Crippen molar-refractivity contribution in [2.75, 3.05) is 7.11 Å². The minimum atomic E-state index is -4.32. The van der Waals surface area contributed by atoms with Gasteiger partial charge in [0.25, 0.3) is 0 Å². The maximum atomic E-state index is 11.7. The summed E-state index contributed by atoms with van der Waals surface area (Å²) in [4.78, 5) is 7.29. The van der Waals surface area contributed by atoms with Crippen LogP contribution in [-0.2, 0) is 0 Å². The number of hydrogen-bond acceptors (Lipinski definition) is 3. The normalized spacial score (nSPS) is 12.0.